The third-order valence-electron chi connectivity index (χ3n) is 2.74. The van der Waals surface area contributed by atoms with Crippen molar-refractivity contribution in [2.45, 2.75) is 18.9 Å². The lowest BCUT2D eigenvalue weighted by Crippen LogP contribution is -2.38. The molecule has 1 saturated heterocycles. The summed E-state index contributed by atoms with van der Waals surface area (Å²) in [5.41, 5.74) is 0. The van der Waals surface area contributed by atoms with Crippen LogP contribution in [0, 0.1) is 0 Å². The lowest BCUT2D eigenvalue weighted by molar-refractivity contribution is 0.0286. The van der Waals surface area contributed by atoms with Crippen molar-refractivity contribution in [3.8, 4) is 0 Å². The molecule has 0 saturated carbocycles. The lowest BCUT2D eigenvalue weighted by atomic mass is 10.1. The van der Waals surface area contributed by atoms with Gasteiger partial charge in [-0.25, -0.2) is 9.97 Å². The van der Waals surface area contributed by atoms with Crippen molar-refractivity contribution in [3.63, 3.8) is 0 Å². The maximum Gasteiger partial charge on any atom is 0.225 e. The van der Waals surface area contributed by atoms with Gasteiger partial charge in [-0.15, -0.1) is 0 Å². The largest absolute Gasteiger partial charge is 0.363 e. The number of ether oxygens (including phenoxy) is 1. The van der Waals surface area contributed by atoms with Crippen LogP contribution in [0.25, 0.3) is 0 Å². The third-order valence-corrected chi connectivity index (χ3v) is 2.74. The summed E-state index contributed by atoms with van der Waals surface area (Å²) >= 11 is 0. The Kier molecular flexibility index (Phi) is 4.07. The Labute approximate surface area is 95.8 Å². The van der Waals surface area contributed by atoms with Gasteiger partial charge in [0.1, 0.15) is 0 Å². The maximum absolute atomic E-state index is 5.64. The topological polar surface area (TPSA) is 50.3 Å². The molecule has 0 aliphatic carbocycles. The van der Waals surface area contributed by atoms with Crippen LogP contribution in [0.3, 0.4) is 0 Å². The molecule has 0 amide bonds. The van der Waals surface area contributed by atoms with Gasteiger partial charge >= 0.3 is 0 Å². The van der Waals surface area contributed by atoms with Crippen molar-refractivity contribution >= 4 is 5.95 Å². The summed E-state index contributed by atoms with van der Waals surface area (Å²) in [6.07, 6.45) is 6.02. The predicted molar refractivity (Wildman–Crippen MR) is 62.3 cm³/mol. The zero-order chi connectivity index (χ0) is 11.2. The Hall–Kier alpha value is -1.20. The highest BCUT2D eigenvalue weighted by atomic mass is 16.5. The standard InChI is InChI=1S/C11H18N4O/c1-12-9-16-10-3-7-15(8-4-10)11-13-5-2-6-14-11/h2,5-6,10,12H,3-4,7-9H2,1H3. The van der Waals surface area contributed by atoms with E-state index in [9.17, 15) is 0 Å². The fourth-order valence-corrected chi connectivity index (χ4v) is 1.88. The first-order chi connectivity index (χ1) is 7.90. The molecule has 1 fully saturated rings. The fraction of sp³-hybridized carbons (Fsp3) is 0.636. The molecule has 0 bridgehead atoms. The van der Waals surface area contributed by atoms with Crippen LogP contribution in [0.2, 0.25) is 0 Å². The Morgan fingerprint density at radius 3 is 2.69 bits per heavy atom. The SMILES string of the molecule is CNCOC1CCN(c2ncccn2)CC1. The summed E-state index contributed by atoms with van der Waals surface area (Å²) < 4.78 is 5.64. The van der Waals surface area contributed by atoms with Gasteiger partial charge in [-0.3, -0.25) is 5.32 Å². The molecule has 1 N–H and O–H groups in total. The molecule has 0 atom stereocenters. The predicted octanol–water partition coefficient (Wildman–Crippen LogP) is 0.639. The van der Waals surface area contributed by atoms with Gasteiger partial charge in [0.2, 0.25) is 5.95 Å². The van der Waals surface area contributed by atoms with E-state index in [0.717, 1.165) is 31.9 Å². The van der Waals surface area contributed by atoms with Crippen molar-refractivity contribution < 1.29 is 4.74 Å². The first kappa shape index (κ1) is 11.3. The van der Waals surface area contributed by atoms with E-state index in [1.807, 2.05) is 13.1 Å². The quantitative estimate of drug-likeness (QED) is 0.758. The zero-order valence-electron chi connectivity index (χ0n) is 9.59. The van der Waals surface area contributed by atoms with Crippen LogP contribution >= 0.6 is 0 Å². The van der Waals surface area contributed by atoms with E-state index in [2.05, 4.69) is 20.2 Å². The smallest absolute Gasteiger partial charge is 0.225 e. The Bertz CT molecular complexity index is 298. The minimum absolute atomic E-state index is 0.368. The van der Waals surface area contributed by atoms with Crippen LogP contribution in [0.4, 0.5) is 5.95 Å². The van der Waals surface area contributed by atoms with E-state index >= 15 is 0 Å². The number of rotatable bonds is 4. The summed E-state index contributed by atoms with van der Waals surface area (Å²) in [6, 6.07) is 1.84. The van der Waals surface area contributed by atoms with Gasteiger partial charge in [0, 0.05) is 25.5 Å². The van der Waals surface area contributed by atoms with Gasteiger partial charge in [-0.2, -0.15) is 0 Å². The maximum atomic E-state index is 5.64. The molecule has 2 rings (SSSR count). The third kappa shape index (κ3) is 2.90. The summed E-state index contributed by atoms with van der Waals surface area (Å²) in [5, 5.41) is 3.00. The van der Waals surface area contributed by atoms with Crippen molar-refractivity contribution in [1.82, 2.24) is 15.3 Å². The molecule has 1 aliphatic heterocycles. The fourth-order valence-electron chi connectivity index (χ4n) is 1.88. The van der Waals surface area contributed by atoms with Crippen LogP contribution in [-0.2, 0) is 4.74 Å². The molecule has 2 heterocycles. The molecular formula is C11H18N4O. The number of aromatic nitrogens is 2. The Balaban J connectivity index is 1.81. The van der Waals surface area contributed by atoms with E-state index in [4.69, 9.17) is 4.74 Å². The molecule has 88 valence electrons. The second-order valence-electron chi connectivity index (χ2n) is 3.90. The van der Waals surface area contributed by atoms with Crippen LogP contribution in [0.1, 0.15) is 12.8 Å². The van der Waals surface area contributed by atoms with Crippen LogP contribution in [-0.4, -0.2) is 42.9 Å². The minimum Gasteiger partial charge on any atom is -0.363 e. The van der Waals surface area contributed by atoms with Gasteiger partial charge in [0.15, 0.2) is 0 Å². The molecule has 5 heteroatoms. The van der Waals surface area contributed by atoms with E-state index in [0.29, 0.717) is 12.8 Å². The minimum atomic E-state index is 0.368. The normalized spacial score (nSPS) is 17.7. The molecule has 0 spiro atoms. The number of anilines is 1. The first-order valence-electron chi connectivity index (χ1n) is 5.68. The number of piperidine rings is 1. The van der Waals surface area contributed by atoms with E-state index in [1.54, 1.807) is 12.4 Å². The van der Waals surface area contributed by atoms with E-state index in [1.165, 1.54) is 0 Å². The molecule has 1 aromatic rings. The molecule has 16 heavy (non-hydrogen) atoms. The van der Waals surface area contributed by atoms with E-state index in [-0.39, 0.29) is 0 Å². The van der Waals surface area contributed by atoms with Gasteiger partial charge in [0.25, 0.3) is 0 Å². The molecule has 0 unspecified atom stereocenters. The number of nitrogens with zero attached hydrogens (tertiary/aromatic N) is 3. The van der Waals surface area contributed by atoms with Gasteiger partial charge in [-0.05, 0) is 26.0 Å². The van der Waals surface area contributed by atoms with Gasteiger partial charge in [-0.1, -0.05) is 0 Å². The summed E-state index contributed by atoms with van der Waals surface area (Å²) in [4.78, 5) is 10.7. The van der Waals surface area contributed by atoms with Crippen molar-refractivity contribution in [1.29, 1.82) is 0 Å². The van der Waals surface area contributed by atoms with Crippen LogP contribution < -0.4 is 10.2 Å². The second-order valence-corrected chi connectivity index (χ2v) is 3.90. The second kappa shape index (κ2) is 5.77. The van der Waals surface area contributed by atoms with Crippen molar-refractivity contribution in [2.24, 2.45) is 0 Å². The Morgan fingerprint density at radius 2 is 2.06 bits per heavy atom. The molecule has 5 nitrogen and oxygen atoms in total. The van der Waals surface area contributed by atoms with E-state index < -0.39 is 0 Å². The molecule has 0 radical (unpaired) electrons. The van der Waals surface area contributed by atoms with Crippen molar-refractivity contribution in [3.05, 3.63) is 18.5 Å². The van der Waals surface area contributed by atoms with Crippen LogP contribution in [0.15, 0.2) is 18.5 Å². The first-order valence-corrected chi connectivity index (χ1v) is 5.68. The number of hydrogen-bond donors (Lipinski definition) is 1. The zero-order valence-corrected chi connectivity index (χ0v) is 9.59. The van der Waals surface area contributed by atoms with Gasteiger partial charge in [0.05, 0.1) is 12.8 Å². The number of nitrogens with one attached hydrogen (secondary N) is 1. The molecule has 0 aromatic carbocycles. The summed E-state index contributed by atoms with van der Waals surface area (Å²) in [6.45, 7) is 2.57. The summed E-state index contributed by atoms with van der Waals surface area (Å²) in [7, 11) is 1.90. The monoisotopic (exact) mass is 222 g/mol. The van der Waals surface area contributed by atoms with Crippen LogP contribution in [0.5, 0.6) is 0 Å². The molecule has 1 aromatic heterocycles. The molecular weight excluding hydrogens is 204 g/mol. The number of hydrogen-bond acceptors (Lipinski definition) is 5. The average molecular weight is 222 g/mol. The Morgan fingerprint density at radius 1 is 1.38 bits per heavy atom. The average Bonchev–Trinajstić information content (AvgIpc) is 2.38. The molecule has 1 aliphatic rings. The van der Waals surface area contributed by atoms with Gasteiger partial charge < -0.3 is 9.64 Å². The summed E-state index contributed by atoms with van der Waals surface area (Å²) in [5.74, 6) is 0.828. The lowest BCUT2D eigenvalue weighted by Gasteiger charge is -2.31. The van der Waals surface area contributed by atoms with Crippen molar-refractivity contribution in [2.75, 3.05) is 31.8 Å². The highest BCUT2D eigenvalue weighted by molar-refractivity contribution is 5.28. The highest BCUT2D eigenvalue weighted by Gasteiger charge is 2.20. The highest BCUT2D eigenvalue weighted by Crippen LogP contribution is 2.16.